The van der Waals surface area contributed by atoms with Gasteiger partial charge in [0, 0.05) is 41.5 Å². The van der Waals surface area contributed by atoms with E-state index in [2.05, 4.69) is 25.4 Å². The van der Waals surface area contributed by atoms with Gasteiger partial charge in [0.15, 0.2) is 5.82 Å². The quantitative estimate of drug-likeness (QED) is 0.356. The second kappa shape index (κ2) is 9.89. The molecule has 0 fully saturated rings. The van der Waals surface area contributed by atoms with E-state index in [-0.39, 0.29) is 5.92 Å². The Morgan fingerprint density at radius 1 is 0.629 bits per heavy atom. The van der Waals surface area contributed by atoms with Gasteiger partial charge in [0.2, 0.25) is 0 Å². The highest BCUT2D eigenvalue weighted by Crippen LogP contribution is 2.24. The lowest BCUT2D eigenvalue weighted by Gasteiger charge is -2.14. The number of nitrogens with zero attached hydrogens (tertiary/aromatic N) is 8. The Hall–Kier alpha value is -4.33. The molecule has 0 aliphatic carbocycles. The molecule has 0 radical (unpaired) electrons. The molecule has 0 saturated heterocycles. The minimum atomic E-state index is -0.0369. The predicted molar refractivity (Wildman–Crippen MR) is 133 cm³/mol. The molecule has 0 N–H and O–H groups in total. The molecule has 0 aliphatic rings. The van der Waals surface area contributed by atoms with Gasteiger partial charge in [-0.1, -0.05) is 24.3 Å². The highest BCUT2D eigenvalue weighted by atomic mass is 15.6. The predicted octanol–water partition coefficient (Wildman–Crippen LogP) is 4.31. The molecular formula is C27H26N8. The van der Waals surface area contributed by atoms with Crippen molar-refractivity contribution in [1.29, 1.82) is 0 Å². The van der Waals surface area contributed by atoms with Crippen molar-refractivity contribution in [3.05, 3.63) is 101 Å². The highest BCUT2D eigenvalue weighted by molar-refractivity contribution is 5.55. The Kier molecular flexibility index (Phi) is 6.34. The SMILES string of the molecule is Cc1cccc(-c2cccc(CC(Cc3cccc(-c4cccc(C)n4)n3)c3nnn(C)n3)n2)n1. The van der Waals surface area contributed by atoms with E-state index < -0.39 is 0 Å². The van der Waals surface area contributed by atoms with E-state index in [1.807, 2.05) is 86.6 Å². The van der Waals surface area contributed by atoms with Gasteiger partial charge in [-0.25, -0.2) is 0 Å². The number of aryl methyl sites for hydroxylation is 3. The molecule has 5 aromatic heterocycles. The molecule has 8 nitrogen and oxygen atoms in total. The maximum absolute atomic E-state index is 4.90. The Balaban J connectivity index is 1.44. The van der Waals surface area contributed by atoms with Gasteiger partial charge in [-0.3, -0.25) is 19.9 Å². The zero-order chi connectivity index (χ0) is 24.2. The maximum Gasteiger partial charge on any atom is 0.178 e. The van der Waals surface area contributed by atoms with Gasteiger partial charge in [0.1, 0.15) is 0 Å². The molecule has 0 amide bonds. The zero-order valence-corrected chi connectivity index (χ0v) is 20.0. The Morgan fingerprint density at radius 2 is 1.09 bits per heavy atom. The van der Waals surface area contributed by atoms with Crippen LogP contribution in [0.15, 0.2) is 72.8 Å². The summed E-state index contributed by atoms with van der Waals surface area (Å²) in [5.74, 6) is 0.638. The summed E-state index contributed by atoms with van der Waals surface area (Å²) in [5.41, 5.74) is 7.24. The van der Waals surface area contributed by atoms with Crippen LogP contribution >= 0.6 is 0 Å². The third-order valence-electron chi connectivity index (χ3n) is 5.72. The van der Waals surface area contributed by atoms with Crippen LogP contribution in [0.1, 0.15) is 34.5 Å². The summed E-state index contributed by atoms with van der Waals surface area (Å²) < 4.78 is 0. The van der Waals surface area contributed by atoms with Crippen LogP contribution in [0.5, 0.6) is 0 Å². The molecule has 5 rings (SSSR count). The number of tetrazole rings is 1. The topological polar surface area (TPSA) is 95.2 Å². The van der Waals surface area contributed by atoms with Gasteiger partial charge in [-0.05, 0) is 67.6 Å². The summed E-state index contributed by atoms with van der Waals surface area (Å²) in [5, 5.41) is 12.9. The van der Waals surface area contributed by atoms with E-state index in [0.717, 1.165) is 45.6 Å². The minimum absolute atomic E-state index is 0.0369. The molecule has 0 aromatic carbocycles. The number of hydrogen-bond acceptors (Lipinski definition) is 7. The van der Waals surface area contributed by atoms with Gasteiger partial charge in [-0.2, -0.15) is 4.80 Å². The molecule has 0 unspecified atom stereocenters. The average molecular weight is 463 g/mol. The summed E-state index contributed by atoms with van der Waals surface area (Å²) in [4.78, 5) is 20.5. The van der Waals surface area contributed by atoms with E-state index in [1.54, 1.807) is 7.05 Å². The summed E-state index contributed by atoms with van der Waals surface area (Å²) >= 11 is 0. The van der Waals surface area contributed by atoms with E-state index >= 15 is 0 Å². The zero-order valence-electron chi connectivity index (χ0n) is 20.0. The van der Waals surface area contributed by atoms with Gasteiger partial charge in [-0.15, -0.1) is 10.2 Å². The second-order valence-corrected chi connectivity index (χ2v) is 8.60. The van der Waals surface area contributed by atoms with Gasteiger partial charge >= 0.3 is 0 Å². The van der Waals surface area contributed by atoms with Crippen LogP contribution in [0.3, 0.4) is 0 Å². The molecule has 35 heavy (non-hydrogen) atoms. The molecule has 0 aliphatic heterocycles. The first-order valence-corrected chi connectivity index (χ1v) is 11.6. The standard InChI is InChI=1S/C27H26N8/c1-18-8-4-12-23(28-18)25-14-6-10-21(30-25)16-20(27-32-34-35(3)33-27)17-22-11-7-15-26(31-22)24-13-5-9-19(2)29-24/h4-15,20H,16-17H2,1-3H3. The number of rotatable bonds is 7. The molecule has 0 atom stereocenters. The van der Waals surface area contributed by atoms with E-state index in [1.165, 1.54) is 4.80 Å². The first kappa shape index (κ1) is 22.5. The molecule has 174 valence electrons. The summed E-state index contributed by atoms with van der Waals surface area (Å²) in [6, 6.07) is 24.0. The fourth-order valence-electron chi connectivity index (χ4n) is 4.07. The third-order valence-corrected chi connectivity index (χ3v) is 5.72. The van der Waals surface area contributed by atoms with Crippen LogP contribution < -0.4 is 0 Å². The van der Waals surface area contributed by atoms with Crippen molar-refractivity contribution in [2.45, 2.75) is 32.6 Å². The average Bonchev–Trinajstić information content (AvgIpc) is 3.30. The van der Waals surface area contributed by atoms with Gasteiger partial charge in [0.25, 0.3) is 0 Å². The smallest absolute Gasteiger partial charge is 0.178 e. The number of pyridine rings is 4. The second-order valence-electron chi connectivity index (χ2n) is 8.60. The van der Waals surface area contributed by atoms with Gasteiger partial charge in [0.05, 0.1) is 29.8 Å². The molecule has 5 aromatic rings. The van der Waals surface area contributed by atoms with Crippen molar-refractivity contribution in [3.8, 4) is 22.8 Å². The monoisotopic (exact) mass is 462 g/mol. The van der Waals surface area contributed by atoms with Crippen molar-refractivity contribution in [3.63, 3.8) is 0 Å². The lowest BCUT2D eigenvalue weighted by atomic mass is 9.95. The molecular weight excluding hydrogens is 436 g/mol. The summed E-state index contributed by atoms with van der Waals surface area (Å²) in [6.45, 7) is 3.97. The van der Waals surface area contributed by atoms with Crippen molar-refractivity contribution < 1.29 is 0 Å². The fraction of sp³-hybridized carbons (Fsp3) is 0.222. The Morgan fingerprint density at radius 3 is 1.51 bits per heavy atom. The Labute approximate surface area is 204 Å². The first-order valence-electron chi connectivity index (χ1n) is 11.6. The summed E-state index contributed by atoms with van der Waals surface area (Å²) in [7, 11) is 1.78. The first-order chi connectivity index (χ1) is 17.0. The largest absolute Gasteiger partial charge is 0.251 e. The van der Waals surface area contributed by atoms with Crippen molar-refractivity contribution in [1.82, 2.24) is 40.1 Å². The molecule has 0 spiro atoms. The number of aromatic nitrogens is 8. The summed E-state index contributed by atoms with van der Waals surface area (Å²) in [6.07, 6.45) is 1.31. The minimum Gasteiger partial charge on any atom is -0.251 e. The normalized spacial score (nSPS) is 11.2. The maximum atomic E-state index is 4.90. The third kappa shape index (κ3) is 5.43. The van der Waals surface area contributed by atoms with E-state index in [4.69, 9.17) is 9.97 Å². The van der Waals surface area contributed by atoms with Crippen LogP contribution in [-0.4, -0.2) is 40.1 Å². The molecule has 8 heteroatoms. The van der Waals surface area contributed by atoms with Crippen molar-refractivity contribution in [2.24, 2.45) is 7.05 Å². The van der Waals surface area contributed by atoms with Crippen LogP contribution in [0, 0.1) is 13.8 Å². The fourth-order valence-corrected chi connectivity index (χ4v) is 4.07. The van der Waals surface area contributed by atoms with Crippen LogP contribution in [0.25, 0.3) is 22.8 Å². The molecule has 0 bridgehead atoms. The van der Waals surface area contributed by atoms with E-state index in [9.17, 15) is 0 Å². The van der Waals surface area contributed by atoms with Crippen LogP contribution in [0.2, 0.25) is 0 Å². The lowest BCUT2D eigenvalue weighted by molar-refractivity contribution is 0.598. The van der Waals surface area contributed by atoms with E-state index in [0.29, 0.717) is 18.7 Å². The Bertz CT molecular complexity index is 1370. The van der Waals surface area contributed by atoms with Crippen molar-refractivity contribution >= 4 is 0 Å². The lowest BCUT2D eigenvalue weighted by Crippen LogP contribution is -2.12. The van der Waals surface area contributed by atoms with Crippen LogP contribution in [-0.2, 0) is 19.9 Å². The highest BCUT2D eigenvalue weighted by Gasteiger charge is 2.21. The molecule has 5 heterocycles. The van der Waals surface area contributed by atoms with Crippen molar-refractivity contribution in [2.75, 3.05) is 0 Å². The van der Waals surface area contributed by atoms with Gasteiger partial charge < -0.3 is 0 Å². The number of hydrogen-bond donors (Lipinski definition) is 0. The van der Waals surface area contributed by atoms with Crippen LogP contribution in [0.4, 0.5) is 0 Å². The molecule has 0 saturated carbocycles.